The Labute approximate surface area is 125 Å². The van der Waals surface area contributed by atoms with Gasteiger partial charge in [0.2, 0.25) is 0 Å². The van der Waals surface area contributed by atoms with Gasteiger partial charge in [0, 0.05) is 22.4 Å². The van der Waals surface area contributed by atoms with E-state index in [-0.39, 0.29) is 5.82 Å². The number of hydrogen-bond donors (Lipinski definition) is 0. The minimum absolute atomic E-state index is 0.127. The number of aryl methyl sites for hydroxylation is 1. The molecule has 0 unspecified atom stereocenters. The standard InChI is InChI=1S/C15H15BrFNS/c1-9-14(16)10(2)19-15(9)18-6-5-11-7-13(17)4-3-12(11)8-18/h3-4,7H,5-6,8H2,1-2H3. The lowest BCUT2D eigenvalue weighted by Crippen LogP contribution is -2.30. The molecule has 0 saturated carbocycles. The molecule has 0 bridgehead atoms. The van der Waals surface area contributed by atoms with Crippen LogP contribution in [0.1, 0.15) is 21.6 Å². The van der Waals surface area contributed by atoms with Crippen molar-refractivity contribution in [3.05, 3.63) is 50.1 Å². The minimum Gasteiger partial charge on any atom is -0.359 e. The van der Waals surface area contributed by atoms with Crippen LogP contribution in [0.25, 0.3) is 0 Å². The van der Waals surface area contributed by atoms with E-state index in [4.69, 9.17) is 0 Å². The van der Waals surface area contributed by atoms with Crippen molar-refractivity contribution >= 4 is 32.3 Å². The van der Waals surface area contributed by atoms with Crippen molar-refractivity contribution in [1.29, 1.82) is 0 Å². The number of thiophene rings is 1. The molecule has 0 spiro atoms. The lowest BCUT2D eigenvalue weighted by molar-refractivity contribution is 0.619. The second kappa shape index (κ2) is 4.91. The molecule has 2 heterocycles. The van der Waals surface area contributed by atoms with E-state index in [9.17, 15) is 4.39 Å². The molecule has 0 aliphatic carbocycles. The first kappa shape index (κ1) is 13.1. The monoisotopic (exact) mass is 339 g/mol. The van der Waals surface area contributed by atoms with Gasteiger partial charge < -0.3 is 4.90 Å². The molecular formula is C15H15BrFNS. The first-order valence-electron chi connectivity index (χ1n) is 6.34. The van der Waals surface area contributed by atoms with Crippen LogP contribution in [0.15, 0.2) is 22.7 Å². The fraction of sp³-hybridized carbons (Fsp3) is 0.333. The highest BCUT2D eigenvalue weighted by Gasteiger charge is 2.21. The highest BCUT2D eigenvalue weighted by atomic mass is 79.9. The van der Waals surface area contributed by atoms with E-state index in [0.29, 0.717) is 0 Å². The second-order valence-corrected chi connectivity index (χ2v) is 6.98. The van der Waals surface area contributed by atoms with Crippen LogP contribution in [0.2, 0.25) is 0 Å². The van der Waals surface area contributed by atoms with Crippen LogP contribution in [-0.2, 0) is 13.0 Å². The zero-order chi connectivity index (χ0) is 13.6. The Bertz CT molecular complexity index is 635. The maximum absolute atomic E-state index is 13.2. The van der Waals surface area contributed by atoms with Crippen LogP contribution in [0.5, 0.6) is 0 Å². The van der Waals surface area contributed by atoms with Crippen molar-refractivity contribution in [3.8, 4) is 0 Å². The zero-order valence-electron chi connectivity index (χ0n) is 11.0. The third-order valence-electron chi connectivity index (χ3n) is 3.68. The first-order chi connectivity index (χ1) is 9.06. The fourth-order valence-corrected chi connectivity index (χ4v) is 4.26. The molecule has 0 atom stereocenters. The van der Waals surface area contributed by atoms with Crippen molar-refractivity contribution in [1.82, 2.24) is 0 Å². The Hall–Kier alpha value is -0.870. The molecule has 0 radical (unpaired) electrons. The number of rotatable bonds is 1. The summed E-state index contributed by atoms with van der Waals surface area (Å²) in [5.74, 6) is -0.127. The molecule has 1 aromatic carbocycles. The summed E-state index contributed by atoms with van der Waals surface area (Å²) in [7, 11) is 0. The van der Waals surface area contributed by atoms with Crippen LogP contribution in [0.3, 0.4) is 0 Å². The van der Waals surface area contributed by atoms with Crippen molar-refractivity contribution in [2.75, 3.05) is 11.4 Å². The average molecular weight is 340 g/mol. The third kappa shape index (κ3) is 2.32. The molecule has 0 fully saturated rings. The van der Waals surface area contributed by atoms with Gasteiger partial charge in [-0.2, -0.15) is 0 Å². The van der Waals surface area contributed by atoms with Gasteiger partial charge in [0.05, 0.1) is 5.00 Å². The molecule has 1 aliphatic rings. The summed E-state index contributed by atoms with van der Waals surface area (Å²) in [5.41, 5.74) is 3.71. The van der Waals surface area contributed by atoms with Crippen LogP contribution >= 0.6 is 27.3 Å². The smallest absolute Gasteiger partial charge is 0.123 e. The average Bonchev–Trinajstić information content (AvgIpc) is 2.66. The molecule has 19 heavy (non-hydrogen) atoms. The maximum Gasteiger partial charge on any atom is 0.123 e. The van der Waals surface area contributed by atoms with Crippen LogP contribution in [0.4, 0.5) is 9.39 Å². The Balaban J connectivity index is 1.93. The van der Waals surface area contributed by atoms with Crippen LogP contribution in [-0.4, -0.2) is 6.54 Å². The van der Waals surface area contributed by atoms with Crippen LogP contribution in [0, 0.1) is 19.7 Å². The predicted molar refractivity (Wildman–Crippen MR) is 82.6 cm³/mol. The second-order valence-electron chi connectivity index (χ2n) is 4.99. The molecule has 1 nitrogen and oxygen atoms in total. The zero-order valence-corrected chi connectivity index (χ0v) is 13.4. The molecule has 4 heteroatoms. The summed E-state index contributed by atoms with van der Waals surface area (Å²) in [6, 6.07) is 5.15. The largest absolute Gasteiger partial charge is 0.359 e. The lowest BCUT2D eigenvalue weighted by Gasteiger charge is -2.30. The normalized spacial score (nSPS) is 14.6. The molecule has 2 aromatic rings. The summed E-state index contributed by atoms with van der Waals surface area (Å²) >= 11 is 5.47. The molecular weight excluding hydrogens is 325 g/mol. The number of halogens is 2. The van der Waals surface area contributed by atoms with Crippen molar-refractivity contribution in [2.24, 2.45) is 0 Å². The van der Waals surface area contributed by atoms with E-state index >= 15 is 0 Å². The molecule has 3 rings (SSSR count). The fourth-order valence-electron chi connectivity index (χ4n) is 2.62. The summed E-state index contributed by atoms with van der Waals surface area (Å²) < 4.78 is 14.4. The van der Waals surface area contributed by atoms with E-state index in [1.165, 1.54) is 25.5 Å². The maximum atomic E-state index is 13.2. The number of nitrogens with zero attached hydrogens (tertiary/aromatic N) is 1. The van der Waals surface area contributed by atoms with Gasteiger partial charge in [0.1, 0.15) is 5.82 Å². The van der Waals surface area contributed by atoms with E-state index in [2.05, 4.69) is 34.7 Å². The van der Waals surface area contributed by atoms with Gasteiger partial charge in [-0.15, -0.1) is 11.3 Å². The van der Waals surface area contributed by atoms with Crippen LogP contribution < -0.4 is 4.90 Å². The van der Waals surface area contributed by atoms with E-state index in [0.717, 1.165) is 25.1 Å². The number of hydrogen-bond acceptors (Lipinski definition) is 2. The summed E-state index contributed by atoms with van der Waals surface area (Å²) in [6.45, 7) is 6.13. The van der Waals surface area contributed by atoms with Gasteiger partial charge >= 0.3 is 0 Å². The lowest BCUT2D eigenvalue weighted by atomic mass is 10.00. The van der Waals surface area contributed by atoms with Crippen molar-refractivity contribution in [3.63, 3.8) is 0 Å². The molecule has 0 amide bonds. The van der Waals surface area contributed by atoms with Crippen molar-refractivity contribution < 1.29 is 4.39 Å². The van der Waals surface area contributed by atoms with Gasteiger partial charge in [-0.3, -0.25) is 0 Å². The molecule has 100 valence electrons. The van der Waals surface area contributed by atoms with Crippen molar-refractivity contribution in [2.45, 2.75) is 26.8 Å². The van der Waals surface area contributed by atoms with Gasteiger partial charge in [-0.05, 0) is 65.0 Å². The third-order valence-corrected chi connectivity index (χ3v) is 6.40. The highest BCUT2D eigenvalue weighted by molar-refractivity contribution is 9.10. The SMILES string of the molecule is Cc1sc(N2CCc3cc(F)ccc3C2)c(C)c1Br. The Kier molecular flexibility index (Phi) is 3.39. The Morgan fingerprint density at radius 2 is 2.05 bits per heavy atom. The Morgan fingerprint density at radius 3 is 2.74 bits per heavy atom. The molecule has 1 aliphatic heterocycles. The van der Waals surface area contributed by atoms with E-state index in [1.54, 1.807) is 12.1 Å². The minimum atomic E-state index is -0.127. The summed E-state index contributed by atoms with van der Waals surface area (Å²) in [4.78, 5) is 3.72. The number of fused-ring (bicyclic) bond motifs is 1. The molecule has 0 N–H and O–H groups in total. The molecule has 0 saturated heterocycles. The number of benzene rings is 1. The van der Waals surface area contributed by atoms with E-state index < -0.39 is 0 Å². The molecule has 1 aromatic heterocycles. The number of anilines is 1. The summed E-state index contributed by atoms with van der Waals surface area (Å²) in [6.07, 6.45) is 0.918. The topological polar surface area (TPSA) is 3.24 Å². The van der Waals surface area contributed by atoms with Gasteiger partial charge in [0.15, 0.2) is 0 Å². The summed E-state index contributed by atoms with van der Waals surface area (Å²) in [5, 5.41) is 1.33. The quantitative estimate of drug-likeness (QED) is 0.719. The van der Waals surface area contributed by atoms with E-state index in [1.807, 2.05) is 17.4 Å². The first-order valence-corrected chi connectivity index (χ1v) is 7.95. The van der Waals surface area contributed by atoms with Gasteiger partial charge in [0.25, 0.3) is 0 Å². The van der Waals surface area contributed by atoms with Gasteiger partial charge in [-0.25, -0.2) is 4.39 Å². The van der Waals surface area contributed by atoms with Gasteiger partial charge in [-0.1, -0.05) is 6.07 Å². The Morgan fingerprint density at radius 1 is 1.26 bits per heavy atom. The predicted octanol–water partition coefficient (Wildman–Crippen LogP) is 4.83. The highest BCUT2D eigenvalue weighted by Crippen LogP contribution is 2.40.